The average molecular weight is 485 g/mol. The SMILES string of the molecule is Cc1cc(C)c2c(OCC(=O)Nc3ccc(F)c(NC(=O)CCN4CCOCC4)c3)nn(C)c2n1. The van der Waals surface area contributed by atoms with Crippen molar-refractivity contribution in [3.05, 3.63) is 41.3 Å². The normalized spacial score (nSPS) is 14.2. The Morgan fingerprint density at radius 1 is 1.14 bits per heavy atom. The molecule has 0 bridgehead atoms. The van der Waals surface area contributed by atoms with E-state index in [4.69, 9.17) is 9.47 Å². The fraction of sp³-hybridized carbons (Fsp3) is 0.417. The van der Waals surface area contributed by atoms with Gasteiger partial charge in [-0.25, -0.2) is 14.1 Å². The molecule has 1 saturated heterocycles. The summed E-state index contributed by atoms with van der Waals surface area (Å²) < 4.78 is 26.8. The molecule has 0 unspecified atom stereocenters. The zero-order valence-electron chi connectivity index (χ0n) is 20.1. The summed E-state index contributed by atoms with van der Waals surface area (Å²) in [7, 11) is 1.76. The number of carbonyl (C=O) groups excluding carboxylic acids is 2. The average Bonchev–Trinajstić information content (AvgIpc) is 3.15. The second-order valence-corrected chi connectivity index (χ2v) is 8.49. The molecule has 186 valence electrons. The molecule has 1 aliphatic rings. The standard InChI is InChI=1S/C24H29FN6O4/c1-15-12-16(2)26-23-22(15)24(29-30(23)3)35-14-21(33)27-17-4-5-18(25)19(13-17)28-20(32)6-7-31-8-10-34-11-9-31/h4-5,12-13H,6-11,14H2,1-3H3,(H,27,33)(H,28,32). The Bertz CT molecular complexity index is 1240. The van der Waals surface area contributed by atoms with Crippen LogP contribution in [0.3, 0.4) is 0 Å². The number of halogens is 1. The van der Waals surface area contributed by atoms with Crippen molar-refractivity contribution >= 4 is 34.2 Å². The maximum atomic E-state index is 14.3. The van der Waals surface area contributed by atoms with Crippen LogP contribution in [0.15, 0.2) is 24.3 Å². The van der Waals surface area contributed by atoms with Crippen LogP contribution in [0.2, 0.25) is 0 Å². The van der Waals surface area contributed by atoms with Gasteiger partial charge in [-0.3, -0.25) is 14.5 Å². The van der Waals surface area contributed by atoms with Crippen LogP contribution in [0, 0.1) is 19.7 Å². The topological polar surface area (TPSA) is 111 Å². The van der Waals surface area contributed by atoms with Crippen LogP contribution in [0.4, 0.5) is 15.8 Å². The molecule has 2 aromatic heterocycles. The van der Waals surface area contributed by atoms with Gasteiger partial charge in [0, 0.05) is 44.5 Å². The first-order chi connectivity index (χ1) is 16.8. The number of morpholine rings is 1. The number of ether oxygens (including phenoxy) is 2. The van der Waals surface area contributed by atoms with Crippen molar-refractivity contribution in [3.8, 4) is 5.88 Å². The van der Waals surface area contributed by atoms with Gasteiger partial charge in [0.15, 0.2) is 12.3 Å². The molecule has 2 amide bonds. The van der Waals surface area contributed by atoms with Gasteiger partial charge in [0.1, 0.15) is 5.82 Å². The fourth-order valence-corrected chi connectivity index (χ4v) is 3.98. The number of benzene rings is 1. The van der Waals surface area contributed by atoms with Gasteiger partial charge in [0.05, 0.1) is 24.3 Å². The Morgan fingerprint density at radius 3 is 2.69 bits per heavy atom. The highest BCUT2D eigenvalue weighted by Gasteiger charge is 2.17. The molecular formula is C24H29FN6O4. The fourth-order valence-electron chi connectivity index (χ4n) is 3.98. The van der Waals surface area contributed by atoms with Gasteiger partial charge in [-0.05, 0) is 43.7 Å². The number of hydrogen-bond acceptors (Lipinski definition) is 7. The lowest BCUT2D eigenvalue weighted by molar-refractivity contribution is -0.118. The van der Waals surface area contributed by atoms with Gasteiger partial charge < -0.3 is 20.1 Å². The van der Waals surface area contributed by atoms with E-state index in [1.807, 2.05) is 19.9 Å². The lowest BCUT2D eigenvalue weighted by Gasteiger charge is -2.26. The van der Waals surface area contributed by atoms with Crippen molar-refractivity contribution in [1.29, 1.82) is 0 Å². The van der Waals surface area contributed by atoms with Crippen LogP contribution in [-0.2, 0) is 21.4 Å². The predicted molar refractivity (Wildman–Crippen MR) is 129 cm³/mol. The number of fused-ring (bicyclic) bond motifs is 1. The number of anilines is 2. The minimum Gasteiger partial charge on any atom is -0.466 e. The number of pyridine rings is 1. The molecule has 1 aromatic carbocycles. The lowest BCUT2D eigenvalue weighted by Crippen LogP contribution is -2.38. The molecule has 3 aromatic rings. The molecule has 4 rings (SSSR count). The van der Waals surface area contributed by atoms with Gasteiger partial charge in [-0.2, -0.15) is 0 Å². The third kappa shape index (κ3) is 6.11. The number of hydrogen-bond donors (Lipinski definition) is 2. The zero-order valence-corrected chi connectivity index (χ0v) is 20.1. The largest absolute Gasteiger partial charge is 0.466 e. The van der Waals surface area contributed by atoms with Crippen molar-refractivity contribution < 1.29 is 23.5 Å². The van der Waals surface area contributed by atoms with E-state index in [2.05, 4.69) is 25.6 Å². The van der Waals surface area contributed by atoms with Gasteiger partial charge in [0.2, 0.25) is 11.8 Å². The quantitative estimate of drug-likeness (QED) is 0.505. The van der Waals surface area contributed by atoms with Crippen molar-refractivity contribution in [3.63, 3.8) is 0 Å². The molecule has 11 heteroatoms. The molecule has 0 aliphatic carbocycles. The number of carbonyl (C=O) groups is 2. The van der Waals surface area contributed by atoms with Crippen molar-refractivity contribution in [2.24, 2.45) is 7.05 Å². The Kier molecular flexibility index (Phi) is 7.57. The van der Waals surface area contributed by atoms with Crippen LogP contribution in [0.5, 0.6) is 5.88 Å². The first kappa shape index (κ1) is 24.6. The highest BCUT2D eigenvalue weighted by atomic mass is 19.1. The predicted octanol–water partition coefficient (Wildman–Crippen LogP) is 2.40. The zero-order chi connectivity index (χ0) is 24.9. The smallest absolute Gasteiger partial charge is 0.262 e. The molecule has 10 nitrogen and oxygen atoms in total. The third-order valence-electron chi connectivity index (χ3n) is 5.71. The summed E-state index contributed by atoms with van der Waals surface area (Å²) in [6.07, 6.45) is 0.232. The maximum absolute atomic E-state index is 14.3. The summed E-state index contributed by atoms with van der Waals surface area (Å²) in [5.74, 6) is -1.02. The van der Waals surface area contributed by atoms with Crippen LogP contribution in [-0.4, -0.2) is 70.9 Å². The monoisotopic (exact) mass is 484 g/mol. The van der Waals surface area contributed by atoms with Gasteiger partial charge in [-0.15, -0.1) is 5.10 Å². The number of nitrogens with zero attached hydrogens (tertiary/aromatic N) is 4. The molecule has 0 radical (unpaired) electrons. The molecule has 2 N–H and O–H groups in total. The summed E-state index contributed by atoms with van der Waals surface area (Å²) in [4.78, 5) is 31.4. The van der Waals surface area contributed by atoms with Crippen molar-refractivity contribution in [2.75, 3.05) is 50.1 Å². The number of aryl methyl sites for hydroxylation is 3. The third-order valence-corrected chi connectivity index (χ3v) is 5.71. The number of nitrogens with one attached hydrogen (secondary N) is 2. The van der Waals surface area contributed by atoms with Gasteiger partial charge >= 0.3 is 0 Å². The number of aromatic nitrogens is 3. The number of rotatable bonds is 8. The van der Waals surface area contributed by atoms with Crippen LogP contribution in [0.25, 0.3) is 11.0 Å². The summed E-state index contributed by atoms with van der Waals surface area (Å²) in [5.41, 5.74) is 2.82. The van der Waals surface area contributed by atoms with Crippen molar-refractivity contribution in [2.45, 2.75) is 20.3 Å². The number of amides is 2. The summed E-state index contributed by atoms with van der Waals surface area (Å²) >= 11 is 0. The molecular weight excluding hydrogens is 455 g/mol. The van der Waals surface area contributed by atoms with Crippen LogP contribution < -0.4 is 15.4 Å². The van der Waals surface area contributed by atoms with E-state index in [0.29, 0.717) is 37.0 Å². The van der Waals surface area contributed by atoms with E-state index in [1.165, 1.54) is 18.2 Å². The maximum Gasteiger partial charge on any atom is 0.262 e. The second-order valence-electron chi connectivity index (χ2n) is 8.49. The molecule has 0 saturated carbocycles. The first-order valence-electron chi connectivity index (χ1n) is 11.4. The Morgan fingerprint density at radius 2 is 1.91 bits per heavy atom. The highest BCUT2D eigenvalue weighted by Crippen LogP contribution is 2.27. The van der Waals surface area contributed by atoms with Crippen LogP contribution >= 0.6 is 0 Å². The summed E-state index contributed by atoms with van der Waals surface area (Å²) in [6.45, 7) is 6.95. The molecule has 35 heavy (non-hydrogen) atoms. The first-order valence-corrected chi connectivity index (χ1v) is 11.4. The van der Waals surface area contributed by atoms with E-state index in [9.17, 15) is 14.0 Å². The summed E-state index contributed by atoms with van der Waals surface area (Å²) in [5, 5.41) is 10.3. The van der Waals surface area contributed by atoms with E-state index in [0.717, 1.165) is 29.7 Å². The molecule has 3 heterocycles. The van der Waals surface area contributed by atoms with E-state index < -0.39 is 11.7 Å². The van der Waals surface area contributed by atoms with Gasteiger partial charge in [-0.1, -0.05) is 0 Å². The summed E-state index contributed by atoms with van der Waals surface area (Å²) in [6, 6.07) is 5.92. The van der Waals surface area contributed by atoms with Gasteiger partial charge in [0.25, 0.3) is 5.91 Å². The minimum atomic E-state index is -0.586. The molecule has 0 atom stereocenters. The Hall–Kier alpha value is -3.57. The van der Waals surface area contributed by atoms with E-state index in [-0.39, 0.29) is 24.6 Å². The van der Waals surface area contributed by atoms with E-state index in [1.54, 1.807) is 11.7 Å². The van der Waals surface area contributed by atoms with Crippen molar-refractivity contribution in [1.82, 2.24) is 19.7 Å². The molecule has 1 aliphatic heterocycles. The minimum absolute atomic E-state index is 0.00323. The Balaban J connectivity index is 1.34. The molecule has 0 spiro atoms. The Labute approximate surface area is 202 Å². The van der Waals surface area contributed by atoms with Crippen LogP contribution in [0.1, 0.15) is 17.7 Å². The second kappa shape index (κ2) is 10.8. The molecule has 1 fully saturated rings. The highest BCUT2D eigenvalue weighted by molar-refractivity contribution is 5.95. The lowest BCUT2D eigenvalue weighted by atomic mass is 10.2. The van der Waals surface area contributed by atoms with E-state index >= 15 is 0 Å².